The maximum absolute atomic E-state index is 12.5. The van der Waals surface area contributed by atoms with Crippen LogP contribution in [0.1, 0.15) is 24.4 Å². The molecule has 1 fully saturated rings. The van der Waals surface area contributed by atoms with Crippen LogP contribution in [0.3, 0.4) is 0 Å². The lowest BCUT2D eigenvalue weighted by atomic mass is 10.0. The minimum Gasteiger partial charge on any atom is -0.497 e. The lowest BCUT2D eigenvalue weighted by Crippen LogP contribution is -2.40. The number of likely N-dealkylation sites (tertiary alicyclic amines) is 1. The zero-order valence-corrected chi connectivity index (χ0v) is 18.7. The van der Waals surface area contributed by atoms with Crippen molar-refractivity contribution in [1.29, 1.82) is 0 Å². The number of benzene rings is 2. The van der Waals surface area contributed by atoms with Crippen LogP contribution in [0.4, 0.5) is 5.69 Å². The van der Waals surface area contributed by atoms with Crippen molar-refractivity contribution in [2.75, 3.05) is 39.2 Å². The third kappa shape index (κ3) is 5.52. The number of methoxy groups -OCH3 is 2. The maximum atomic E-state index is 12.5. The Morgan fingerprint density at radius 1 is 1.13 bits per heavy atom. The van der Waals surface area contributed by atoms with E-state index in [1.807, 2.05) is 36.4 Å². The summed E-state index contributed by atoms with van der Waals surface area (Å²) in [6, 6.07) is 13.2. The smallest absolute Gasteiger partial charge is 0.243 e. The van der Waals surface area contributed by atoms with Crippen LogP contribution in [0.15, 0.2) is 46.9 Å². The van der Waals surface area contributed by atoms with Crippen molar-refractivity contribution < 1.29 is 19.1 Å². The Kier molecular flexibility index (Phi) is 7.70. The Balaban J connectivity index is 1.56. The second-order valence-corrected chi connectivity index (χ2v) is 7.90. The molecule has 8 heteroatoms. The number of amides is 2. The first-order valence-corrected chi connectivity index (χ1v) is 10.6. The quantitative estimate of drug-likeness (QED) is 0.611. The van der Waals surface area contributed by atoms with E-state index in [-0.39, 0.29) is 30.9 Å². The van der Waals surface area contributed by atoms with Crippen molar-refractivity contribution in [3.05, 3.63) is 52.5 Å². The fourth-order valence-electron chi connectivity index (χ4n) is 3.64. The summed E-state index contributed by atoms with van der Waals surface area (Å²) in [5.41, 5.74) is 1.71. The van der Waals surface area contributed by atoms with E-state index in [9.17, 15) is 9.59 Å². The molecular weight excluding hydrogens is 450 g/mol. The average Bonchev–Trinajstić information content (AvgIpc) is 3.21. The van der Waals surface area contributed by atoms with Crippen LogP contribution >= 0.6 is 15.9 Å². The van der Waals surface area contributed by atoms with Gasteiger partial charge in [-0.05, 0) is 53.5 Å². The van der Waals surface area contributed by atoms with Crippen LogP contribution in [-0.2, 0) is 9.59 Å². The van der Waals surface area contributed by atoms with E-state index in [1.165, 1.54) is 0 Å². The Labute approximate surface area is 184 Å². The summed E-state index contributed by atoms with van der Waals surface area (Å²) in [5.74, 6) is 1.02. The van der Waals surface area contributed by atoms with Gasteiger partial charge in [-0.3, -0.25) is 14.5 Å². The topological polar surface area (TPSA) is 79.9 Å². The molecule has 3 rings (SSSR count). The summed E-state index contributed by atoms with van der Waals surface area (Å²) < 4.78 is 11.6. The van der Waals surface area contributed by atoms with Crippen molar-refractivity contribution in [2.45, 2.75) is 18.9 Å². The first-order chi connectivity index (χ1) is 14.5. The molecule has 1 unspecified atom stereocenters. The highest BCUT2D eigenvalue weighted by molar-refractivity contribution is 9.10. The number of ether oxygens (including phenoxy) is 2. The zero-order chi connectivity index (χ0) is 21.5. The first kappa shape index (κ1) is 22.1. The standard InChI is InChI=1S/C22H26BrN3O4/c1-29-15-9-10-16(20(12-15)30-2)19-8-5-11-26(19)14-22(28)24-13-21(27)25-18-7-4-3-6-17(18)23/h3-4,6-7,9-10,12,19H,5,8,11,13-14H2,1-2H3,(H,24,28)(H,25,27). The minimum absolute atomic E-state index is 0.0788. The number of anilines is 1. The zero-order valence-electron chi connectivity index (χ0n) is 17.1. The molecule has 1 aliphatic heterocycles. The van der Waals surface area contributed by atoms with Crippen LogP contribution in [0.25, 0.3) is 0 Å². The van der Waals surface area contributed by atoms with Crippen LogP contribution in [0, 0.1) is 0 Å². The average molecular weight is 476 g/mol. The number of nitrogens with one attached hydrogen (secondary N) is 2. The lowest BCUT2D eigenvalue weighted by Gasteiger charge is -2.25. The summed E-state index contributed by atoms with van der Waals surface area (Å²) in [6.07, 6.45) is 1.94. The van der Waals surface area contributed by atoms with E-state index in [4.69, 9.17) is 9.47 Å². The molecule has 0 aromatic heterocycles. The first-order valence-electron chi connectivity index (χ1n) is 9.79. The van der Waals surface area contributed by atoms with Gasteiger partial charge in [-0.15, -0.1) is 0 Å². The Hall–Kier alpha value is -2.58. The highest BCUT2D eigenvalue weighted by Gasteiger charge is 2.30. The largest absolute Gasteiger partial charge is 0.497 e. The SMILES string of the molecule is COc1ccc(C2CCCN2CC(=O)NCC(=O)Nc2ccccc2Br)c(OC)c1. The number of carbonyl (C=O) groups excluding carboxylic acids is 2. The van der Waals surface area contributed by atoms with Gasteiger partial charge in [-0.25, -0.2) is 0 Å². The molecule has 1 saturated heterocycles. The number of nitrogens with zero attached hydrogens (tertiary/aromatic N) is 1. The van der Waals surface area contributed by atoms with Gasteiger partial charge in [0, 0.05) is 22.1 Å². The van der Waals surface area contributed by atoms with Gasteiger partial charge in [0.25, 0.3) is 0 Å². The molecule has 0 saturated carbocycles. The summed E-state index contributed by atoms with van der Waals surface area (Å²) in [6.45, 7) is 0.961. The van der Waals surface area contributed by atoms with E-state index in [2.05, 4.69) is 31.5 Å². The van der Waals surface area contributed by atoms with Crippen molar-refractivity contribution in [1.82, 2.24) is 10.2 Å². The number of hydrogen-bond donors (Lipinski definition) is 2. The fourth-order valence-corrected chi connectivity index (χ4v) is 4.02. The number of rotatable bonds is 8. The van der Waals surface area contributed by atoms with Crippen LogP contribution in [0.5, 0.6) is 11.5 Å². The number of halogens is 1. The Bertz CT molecular complexity index is 906. The predicted molar refractivity (Wildman–Crippen MR) is 119 cm³/mol. The molecule has 7 nitrogen and oxygen atoms in total. The summed E-state index contributed by atoms with van der Waals surface area (Å²) in [5, 5.41) is 5.49. The highest BCUT2D eigenvalue weighted by atomic mass is 79.9. The van der Waals surface area contributed by atoms with Crippen molar-refractivity contribution in [2.24, 2.45) is 0 Å². The lowest BCUT2D eigenvalue weighted by molar-refractivity contribution is -0.125. The van der Waals surface area contributed by atoms with Crippen molar-refractivity contribution in [3.8, 4) is 11.5 Å². The second kappa shape index (κ2) is 10.4. The van der Waals surface area contributed by atoms with Crippen molar-refractivity contribution in [3.63, 3.8) is 0 Å². The van der Waals surface area contributed by atoms with E-state index < -0.39 is 0 Å². The molecule has 2 aromatic carbocycles. The molecule has 160 valence electrons. The van der Waals surface area contributed by atoms with E-state index in [0.29, 0.717) is 5.69 Å². The molecule has 0 radical (unpaired) electrons. The molecule has 30 heavy (non-hydrogen) atoms. The molecule has 2 aromatic rings. The highest BCUT2D eigenvalue weighted by Crippen LogP contribution is 2.38. The number of hydrogen-bond acceptors (Lipinski definition) is 5. The van der Waals surface area contributed by atoms with Crippen molar-refractivity contribution >= 4 is 33.4 Å². The molecule has 2 amide bonds. The van der Waals surface area contributed by atoms with Gasteiger partial charge < -0.3 is 20.1 Å². The molecule has 1 aliphatic rings. The monoisotopic (exact) mass is 475 g/mol. The van der Waals surface area contributed by atoms with Crippen LogP contribution in [-0.4, -0.2) is 50.6 Å². The van der Waals surface area contributed by atoms with Crippen LogP contribution in [0.2, 0.25) is 0 Å². The molecular formula is C22H26BrN3O4. The molecule has 1 heterocycles. The molecule has 1 atom stereocenters. The predicted octanol–water partition coefficient (Wildman–Crippen LogP) is 3.36. The van der Waals surface area contributed by atoms with Crippen LogP contribution < -0.4 is 20.1 Å². The van der Waals surface area contributed by atoms with Gasteiger partial charge in [0.1, 0.15) is 11.5 Å². The molecule has 2 N–H and O–H groups in total. The molecule has 0 spiro atoms. The normalized spacial score (nSPS) is 16.2. The van der Waals surface area contributed by atoms with Gasteiger partial charge in [-0.2, -0.15) is 0 Å². The van der Waals surface area contributed by atoms with Gasteiger partial charge in [0.2, 0.25) is 11.8 Å². The van der Waals surface area contributed by atoms with E-state index in [0.717, 1.165) is 40.9 Å². The molecule has 0 bridgehead atoms. The number of carbonyl (C=O) groups is 2. The Morgan fingerprint density at radius 3 is 2.67 bits per heavy atom. The van der Waals surface area contributed by atoms with Gasteiger partial charge in [0.05, 0.1) is 33.0 Å². The second-order valence-electron chi connectivity index (χ2n) is 7.04. The van der Waals surface area contributed by atoms with E-state index in [1.54, 1.807) is 20.3 Å². The Morgan fingerprint density at radius 2 is 1.93 bits per heavy atom. The van der Waals surface area contributed by atoms with Gasteiger partial charge in [-0.1, -0.05) is 18.2 Å². The maximum Gasteiger partial charge on any atom is 0.243 e. The third-order valence-corrected chi connectivity index (χ3v) is 5.80. The summed E-state index contributed by atoms with van der Waals surface area (Å²) >= 11 is 3.39. The van der Waals surface area contributed by atoms with Gasteiger partial charge >= 0.3 is 0 Å². The minimum atomic E-state index is -0.273. The summed E-state index contributed by atoms with van der Waals surface area (Å²) in [7, 11) is 3.25. The van der Waals surface area contributed by atoms with E-state index >= 15 is 0 Å². The summed E-state index contributed by atoms with van der Waals surface area (Å²) in [4.78, 5) is 26.7. The fraction of sp³-hybridized carbons (Fsp3) is 0.364. The molecule has 0 aliphatic carbocycles. The third-order valence-electron chi connectivity index (χ3n) is 5.10. The number of para-hydroxylation sites is 1. The van der Waals surface area contributed by atoms with Gasteiger partial charge in [0.15, 0.2) is 0 Å².